The molecular weight excluding hydrogens is 394 g/mol. The van der Waals surface area contributed by atoms with Gasteiger partial charge in [-0.2, -0.15) is 0 Å². The number of nitrogens with zero attached hydrogens (tertiary/aromatic N) is 1. The fourth-order valence-corrected chi connectivity index (χ4v) is 3.47. The first kappa shape index (κ1) is 18.4. The van der Waals surface area contributed by atoms with E-state index in [-0.39, 0.29) is 17.3 Å². The number of aliphatic hydroxyl groups excluding tert-OH is 1. The van der Waals surface area contributed by atoms with Crippen LogP contribution in [0.15, 0.2) is 64.6 Å². The van der Waals surface area contributed by atoms with Crippen LogP contribution in [0.2, 0.25) is 0 Å². The van der Waals surface area contributed by atoms with Gasteiger partial charge in [-0.1, -0.05) is 72.2 Å². The molecule has 0 radical (unpaired) electrons. The Balaban J connectivity index is 2.18. The molecule has 3 rings (SSSR count). The van der Waals surface area contributed by atoms with Crippen molar-refractivity contribution in [2.45, 2.75) is 19.9 Å². The summed E-state index contributed by atoms with van der Waals surface area (Å²) in [5.41, 5.74) is 1.46. The number of benzene rings is 2. The van der Waals surface area contributed by atoms with Crippen LogP contribution in [0.1, 0.15) is 31.0 Å². The Morgan fingerprint density at radius 3 is 2.27 bits per heavy atom. The maximum atomic E-state index is 12.7. The molecular formula is C21H20BrNO3. The van der Waals surface area contributed by atoms with Crippen LogP contribution >= 0.6 is 15.9 Å². The van der Waals surface area contributed by atoms with Gasteiger partial charge in [-0.3, -0.25) is 9.59 Å². The first-order valence-corrected chi connectivity index (χ1v) is 9.28. The molecule has 2 aromatic rings. The van der Waals surface area contributed by atoms with E-state index in [9.17, 15) is 14.7 Å². The van der Waals surface area contributed by atoms with Gasteiger partial charge in [-0.05, 0) is 23.6 Å². The Morgan fingerprint density at radius 2 is 1.69 bits per heavy atom. The summed E-state index contributed by atoms with van der Waals surface area (Å²) in [6.45, 7) is 4.43. The van der Waals surface area contributed by atoms with Crippen molar-refractivity contribution in [3.05, 3.63) is 75.8 Å². The third-order valence-electron chi connectivity index (χ3n) is 4.33. The molecule has 5 heteroatoms. The van der Waals surface area contributed by atoms with Crippen LogP contribution in [0.25, 0.3) is 5.76 Å². The summed E-state index contributed by atoms with van der Waals surface area (Å²) in [7, 11) is 0. The first-order chi connectivity index (χ1) is 12.4. The van der Waals surface area contributed by atoms with Gasteiger partial charge in [0.05, 0.1) is 11.6 Å². The van der Waals surface area contributed by atoms with E-state index in [0.717, 1.165) is 10.0 Å². The lowest BCUT2D eigenvalue weighted by atomic mass is 9.95. The monoisotopic (exact) mass is 413 g/mol. The second-order valence-electron chi connectivity index (χ2n) is 6.76. The number of Topliss-reactive ketones (excluding diaryl/α,β-unsaturated/α-hetero) is 1. The standard InChI is InChI=1S/C21H20BrNO3/c1-13(2)12-23-18(14-8-10-16(22)11-9-14)17(20(25)21(23)26)19(24)15-6-4-3-5-7-15/h3-11,13,18,24H,12H2,1-2H3/b19-17-. The van der Waals surface area contributed by atoms with Crippen LogP contribution in [-0.2, 0) is 9.59 Å². The van der Waals surface area contributed by atoms with E-state index in [1.165, 1.54) is 0 Å². The second kappa shape index (κ2) is 7.46. The molecule has 26 heavy (non-hydrogen) atoms. The van der Waals surface area contributed by atoms with Gasteiger partial charge in [-0.25, -0.2) is 0 Å². The zero-order valence-corrected chi connectivity index (χ0v) is 16.2. The lowest BCUT2D eigenvalue weighted by molar-refractivity contribution is -0.140. The molecule has 1 saturated heterocycles. The fourth-order valence-electron chi connectivity index (χ4n) is 3.20. The Morgan fingerprint density at radius 1 is 1.08 bits per heavy atom. The average molecular weight is 414 g/mol. The number of hydrogen-bond acceptors (Lipinski definition) is 3. The van der Waals surface area contributed by atoms with Crippen molar-refractivity contribution in [2.24, 2.45) is 5.92 Å². The van der Waals surface area contributed by atoms with Crippen LogP contribution in [-0.4, -0.2) is 28.2 Å². The number of rotatable bonds is 4. The predicted octanol–water partition coefficient (Wildman–Crippen LogP) is 4.53. The highest BCUT2D eigenvalue weighted by Gasteiger charge is 2.46. The van der Waals surface area contributed by atoms with Crippen LogP contribution in [0.5, 0.6) is 0 Å². The summed E-state index contributed by atoms with van der Waals surface area (Å²) in [5, 5.41) is 10.8. The van der Waals surface area contributed by atoms with Crippen LogP contribution in [0, 0.1) is 5.92 Å². The zero-order chi connectivity index (χ0) is 18.8. The second-order valence-corrected chi connectivity index (χ2v) is 7.68. The molecule has 1 N–H and O–H groups in total. The van der Waals surface area contributed by atoms with Crippen LogP contribution in [0.3, 0.4) is 0 Å². The molecule has 1 fully saturated rings. The molecule has 1 aliphatic heterocycles. The van der Waals surface area contributed by atoms with Crippen molar-refractivity contribution in [3.8, 4) is 0 Å². The van der Waals surface area contributed by atoms with E-state index >= 15 is 0 Å². The minimum atomic E-state index is -0.639. The lowest BCUT2D eigenvalue weighted by Gasteiger charge is -2.26. The quantitative estimate of drug-likeness (QED) is 0.455. The summed E-state index contributed by atoms with van der Waals surface area (Å²) in [4.78, 5) is 27.0. The van der Waals surface area contributed by atoms with Crippen molar-refractivity contribution in [1.82, 2.24) is 4.90 Å². The molecule has 0 aromatic heterocycles. The number of aliphatic hydroxyl groups is 1. The normalized spacial score (nSPS) is 19.4. The summed E-state index contributed by atoms with van der Waals surface area (Å²) in [5.74, 6) is -1.14. The van der Waals surface area contributed by atoms with Gasteiger partial charge >= 0.3 is 0 Å². The molecule has 134 valence electrons. The van der Waals surface area contributed by atoms with Gasteiger partial charge in [0, 0.05) is 16.6 Å². The summed E-state index contributed by atoms with van der Waals surface area (Å²) in [6, 6.07) is 15.7. The highest BCUT2D eigenvalue weighted by molar-refractivity contribution is 9.10. The zero-order valence-electron chi connectivity index (χ0n) is 14.6. The van der Waals surface area contributed by atoms with Gasteiger partial charge in [0.25, 0.3) is 11.7 Å². The smallest absolute Gasteiger partial charge is 0.295 e. The van der Waals surface area contributed by atoms with Crippen molar-refractivity contribution in [1.29, 1.82) is 0 Å². The SMILES string of the molecule is CC(C)CN1C(=O)C(=O)/C(=C(\O)c2ccccc2)C1c1ccc(Br)cc1. The van der Waals surface area contributed by atoms with E-state index in [1.807, 2.05) is 44.2 Å². The number of halogens is 1. The van der Waals surface area contributed by atoms with Crippen molar-refractivity contribution in [2.75, 3.05) is 6.54 Å². The van der Waals surface area contributed by atoms with Gasteiger partial charge in [0.2, 0.25) is 0 Å². The van der Waals surface area contributed by atoms with Gasteiger partial charge in [0.15, 0.2) is 0 Å². The van der Waals surface area contributed by atoms with Crippen molar-refractivity contribution in [3.63, 3.8) is 0 Å². The lowest BCUT2D eigenvalue weighted by Crippen LogP contribution is -2.33. The summed E-state index contributed by atoms with van der Waals surface area (Å²) in [6.07, 6.45) is 0. The molecule has 1 unspecified atom stereocenters. The van der Waals surface area contributed by atoms with Gasteiger partial charge < -0.3 is 10.0 Å². The number of carbonyl (C=O) groups is 2. The Kier molecular flexibility index (Phi) is 5.28. The van der Waals surface area contributed by atoms with E-state index in [2.05, 4.69) is 15.9 Å². The maximum absolute atomic E-state index is 12.7. The third kappa shape index (κ3) is 3.44. The Hall–Kier alpha value is -2.40. The molecule has 0 saturated carbocycles. The summed E-state index contributed by atoms with van der Waals surface area (Å²) < 4.78 is 0.908. The number of hydrogen-bond donors (Lipinski definition) is 1. The first-order valence-electron chi connectivity index (χ1n) is 8.49. The molecule has 1 amide bonds. The molecule has 0 aliphatic carbocycles. The highest BCUT2D eigenvalue weighted by Crippen LogP contribution is 2.39. The topological polar surface area (TPSA) is 57.6 Å². The molecule has 1 aliphatic rings. The van der Waals surface area contributed by atoms with E-state index < -0.39 is 17.7 Å². The number of amides is 1. The van der Waals surface area contributed by atoms with E-state index in [1.54, 1.807) is 29.2 Å². The van der Waals surface area contributed by atoms with Crippen molar-refractivity contribution >= 4 is 33.4 Å². The number of ketones is 1. The van der Waals surface area contributed by atoms with E-state index in [0.29, 0.717) is 12.1 Å². The predicted molar refractivity (Wildman–Crippen MR) is 104 cm³/mol. The maximum Gasteiger partial charge on any atom is 0.295 e. The number of carbonyl (C=O) groups excluding carboxylic acids is 2. The molecule has 1 atom stereocenters. The van der Waals surface area contributed by atoms with Gasteiger partial charge in [0.1, 0.15) is 5.76 Å². The number of likely N-dealkylation sites (tertiary alicyclic amines) is 1. The largest absolute Gasteiger partial charge is 0.507 e. The van der Waals surface area contributed by atoms with Crippen LogP contribution in [0.4, 0.5) is 0 Å². The Bertz CT molecular complexity index is 857. The highest BCUT2D eigenvalue weighted by atomic mass is 79.9. The molecule has 0 bridgehead atoms. The Labute approximate surface area is 161 Å². The van der Waals surface area contributed by atoms with E-state index in [4.69, 9.17) is 0 Å². The average Bonchev–Trinajstić information content (AvgIpc) is 2.87. The summed E-state index contributed by atoms with van der Waals surface area (Å²) >= 11 is 3.41. The van der Waals surface area contributed by atoms with Crippen molar-refractivity contribution < 1.29 is 14.7 Å². The minimum Gasteiger partial charge on any atom is -0.507 e. The van der Waals surface area contributed by atoms with Crippen LogP contribution < -0.4 is 0 Å². The minimum absolute atomic E-state index is 0.136. The van der Waals surface area contributed by atoms with Gasteiger partial charge in [-0.15, -0.1) is 0 Å². The molecule has 2 aromatic carbocycles. The fraction of sp³-hybridized carbons (Fsp3) is 0.238. The molecule has 1 heterocycles. The molecule has 4 nitrogen and oxygen atoms in total. The third-order valence-corrected chi connectivity index (χ3v) is 4.86. The molecule has 0 spiro atoms.